The van der Waals surface area contributed by atoms with Gasteiger partial charge in [0.2, 0.25) is 82.7 Å². The van der Waals surface area contributed by atoms with E-state index in [1.807, 2.05) is 22.9 Å². The van der Waals surface area contributed by atoms with Crippen molar-refractivity contribution in [2.75, 3.05) is 32.0 Å². The van der Waals surface area contributed by atoms with Gasteiger partial charge in [-0.25, -0.2) is 9.18 Å². The molecule has 0 bridgehead atoms. The molecule has 14 amide bonds. The number of aromatic amines is 1. The number of benzene rings is 2. The molecule has 0 saturated carbocycles. The fourth-order valence-corrected chi connectivity index (χ4v) is 11.8. The van der Waals surface area contributed by atoms with E-state index >= 15 is 0 Å². The Balaban J connectivity index is 1.88. The summed E-state index contributed by atoms with van der Waals surface area (Å²) < 4.78 is 20.3. The Bertz CT molecular complexity index is 4100. The summed E-state index contributed by atoms with van der Waals surface area (Å²) in [6.07, 6.45) is -3.11. The number of halogens is 1. The Morgan fingerprint density at radius 3 is 1.72 bits per heavy atom. The zero-order chi connectivity index (χ0) is 86.6. The van der Waals surface area contributed by atoms with Crippen LogP contribution in [0.5, 0.6) is 0 Å². The molecule has 1 saturated heterocycles. The van der Waals surface area contributed by atoms with Gasteiger partial charge in [-0.15, -0.1) is 0 Å². The van der Waals surface area contributed by atoms with Crippen LogP contribution >= 0.6 is 0 Å². The Morgan fingerprint density at radius 1 is 0.578 bits per heavy atom. The van der Waals surface area contributed by atoms with Crippen LogP contribution in [-0.4, -0.2) is 248 Å². The van der Waals surface area contributed by atoms with E-state index in [1.165, 1.54) is 36.5 Å². The van der Waals surface area contributed by atoms with Gasteiger partial charge in [0, 0.05) is 47.6 Å². The van der Waals surface area contributed by atoms with Crippen molar-refractivity contribution in [3.8, 4) is 0 Å². The first-order chi connectivity index (χ1) is 54.7. The number of carboxylic acid groups (broad SMARTS) is 4. The number of carbonyl (C=O) groups is 20. The predicted molar refractivity (Wildman–Crippen MR) is 400 cm³/mol. The molecule has 0 aliphatic carbocycles. The summed E-state index contributed by atoms with van der Waals surface area (Å²) in [6.45, 7) is 1.02. The Labute approximate surface area is 661 Å². The number of carbonyl (C=O) groups excluding carboxylic acids is 16. The topological polar surface area (TPSA) is 702 Å². The summed E-state index contributed by atoms with van der Waals surface area (Å²) in [7, 11) is 0. The van der Waals surface area contributed by atoms with E-state index in [-0.39, 0.29) is 48.0 Å². The number of unbranched alkanes of at least 4 members (excludes halogenated alkanes) is 6. The number of amides is 14. The summed E-state index contributed by atoms with van der Waals surface area (Å²) in [4.78, 5) is 276. The normalized spacial score (nSPS) is 21.1. The molecule has 0 spiro atoms. The minimum absolute atomic E-state index is 0.0795. The largest absolute Gasteiger partial charge is 0.481 e. The van der Waals surface area contributed by atoms with Gasteiger partial charge in [-0.2, -0.15) is 0 Å². The number of primary amides is 1. The quantitative estimate of drug-likeness (QED) is 0.0113. The molecular formula is C72H100FN17O26. The predicted octanol–water partition coefficient (Wildman–Crippen LogP) is -5.48. The summed E-state index contributed by atoms with van der Waals surface area (Å²) in [6, 6.07) is -14.1. The number of esters is 1. The molecule has 1 aromatic heterocycles. The number of nitrogen functional groups attached to an aromatic ring is 1. The number of ether oxygens (including phenoxy) is 1. The van der Waals surface area contributed by atoms with Crippen LogP contribution < -0.4 is 86.3 Å². The van der Waals surface area contributed by atoms with E-state index in [9.17, 15) is 126 Å². The van der Waals surface area contributed by atoms with Crippen molar-refractivity contribution >= 4 is 135 Å². The molecule has 1 fully saturated rings. The van der Waals surface area contributed by atoms with E-state index in [0.717, 1.165) is 65.0 Å². The van der Waals surface area contributed by atoms with Crippen LogP contribution in [0.1, 0.15) is 146 Å². The number of rotatable bonds is 35. The minimum atomic E-state index is -2.47. The molecule has 2 heterocycles. The van der Waals surface area contributed by atoms with Crippen molar-refractivity contribution < 1.29 is 131 Å². The number of H-pyrrole nitrogens is 1. The van der Waals surface area contributed by atoms with E-state index < -0.39 is 267 Å². The maximum atomic E-state index is 14.8. The zero-order valence-electron chi connectivity index (χ0n) is 63.9. The van der Waals surface area contributed by atoms with Crippen LogP contribution in [0.2, 0.25) is 0 Å². The highest BCUT2D eigenvalue weighted by Gasteiger charge is 2.41. The number of aliphatic hydroxyl groups is 1. The number of hydrogen-bond acceptors (Lipinski definition) is 24. The van der Waals surface area contributed by atoms with Gasteiger partial charge < -0.3 is 122 Å². The van der Waals surface area contributed by atoms with Gasteiger partial charge in [0.05, 0.1) is 51.8 Å². The number of ketones is 1. The van der Waals surface area contributed by atoms with Gasteiger partial charge in [-0.3, -0.25) is 91.1 Å². The number of carboxylic acids is 4. The summed E-state index contributed by atoms with van der Waals surface area (Å²) in [5, 5.41) is 78.0. The highest BCUT2D eigenvalue weighted by atomic mass is 19.1. The summed E-state index contributed by atoms with van der Waals surface area (Å²) >= 11 is 0. The van der Waals surface area contributed by atoms with Gasteiger partial charge in [0.15, 0.2) is 5.78 Å². The standard InChI is InChI=1S/C72H100FN17O26/c1-5-6-7-8-9-10-11-18-53(94)82-44(23-37-30-77-42-20-19-38(73)24-40(37)42)66(109)85-45(26-52(76)93)67(110)87-48(29-59(103)104)68(111)90-61-36(4)116-72(115)49(25-51(92)39-15-12-13-16-41(39)75)88-71(114)60(34(2)22-56(97)98)89-69(112)50(33-91)83-55(96)31-78-63(106)46(27-57(99)100)84-62(105)35(3)80-65(108)47(28-58(101)102)86-64(107)43(17-14-21-74)81-54(95)32-79-70(61)113/h12-13,15-16,19-20,24,30,34-36,43-50,60-61,77,91H,5-11,14,17-18,21-23,25-29,31-33,74-75H2,1-4H3,(H2,76,93)(H,78,106)(H,79,113)(H,80,108)(H,81,95)(H,82,94)(H,83,96)(H,84,105)(H,85,109)(H,86,107)(H,87,110)(H,88,114)(H,89,112)(H,90,111)(H,97,98)(H,99,100)(H,101,102)(H,103,104)/t34-,35-,36-,43+,44+,45-,46+,47+,48+,49+,50-,60+,61+/m1/s1. The number of nitrogens with two attached hydrogens (primary N) is 3. The summed E-state index contributed by atoms with van der Waals surface area (Å²) in [5.41, 5.74) is 17.6. The van der Waals surface area contributed by atoms with Crippen LogP contribution in [0.25, 0.3) is 10.9 Å². The van der Waals surface area contributed by atoms with Crippen molar-refractivity contribution in [3.05, 3.63) is 65.6 Å². The van der Waals surface area contributed by atoms with Gasteiger partial charge in [0.25, 0.3) is 0 Å². The number of nitrogens with one attached hydrogen (secondary N) is 14. The second kappa shape index (κ2) is 47.7. The van der Waals surface area contributed by atoms with Crippen molar-refractivity contribution in [2.45, 2.75) is 209 Å². The van der Waals surface area contributed by atoms with Crippen molar-refractivity contribution in [1.82, 2.24) is 74.1 Å². The lowest BCUT2D eigenvalue weighted by molar-refractivity contribution is -0.156. The van der Waals surface area contributed by atoms with Crippen LogP contribution in [0, 0.1) is 11.7 Å². The number of fused-ring (bicyclic) bond motifs is 1. The maximum absolute atomic E-state index is 14.8. The Kier molecular flexibility index (Phi) is 39.3. The van der Waals surface area contributed by atoms with Crippen LogP contribution in [0.3, 0.4) is 0 Å². The molecule has 0 radical (unpaired) electrons. The Morgan fingerprint density at radius 2 is 1.13 bits per heavy atom. The van der Waals surface area contributed by atoms with Gasteiger partial charge in [-0.05, 0) is 81.5 Å². The van der Waals surface area contributed by atoms with Crippen molar-refractivity contribution in [2.24, 2.45) is 17.4 Å². The third-order valence-electron chi connectivity index (χ3n) is 17.9. The number of aromatic nitrogens is 1. The first-order valence-electron chi connectivity index (χ1n) is 36.9. The molecule has 3 aromatic rings. The fourth-order valence-electron chi connectivity index (χ4n) is 11.8. The lowest BCUT2D eigenvalue weighted by atomic mass is 9.96. The summed E-state index contributed by atoms with van der Waals surface area (Å²) in [5.74, 6) is -30.9. The zero-order valence-corrected chi connectivity index (χ0v) is 63.9. The van der Waals surface area contributed by atoms with Crippen LogP contribution in [-0.2, 0) is 102 Å². The minimum Gasteiger partial charge on any atom is -0.481 e. The monoisotopic (exact) mass is 1640 g/mol. The number of Topliss-reactive ketones (excluding diaryl/α,β-unsaturated/α-hetero) is 1. The van der Waals surface area contributed by atoms with E-state index in [0.29, 0.717) is 18.4 Å². The molecule has 13 atom stereocenters. The smallest absolute Gasteiger partial charge is 0.329 e. The molecule has 1 aliphatic heterocycles. The highest BCUT2D eigenvalue weighted by molar-refractivity contribution is 6.05. The third-order valence-corrected chi connectivity index (χ3v) is 17.9. The molecule has 44 heteroatoms. The molecule has 1 aliphatic rings. The molecule has 25 N–H and O–H groups in total. The Hall–Kier alpha value is -12.8. The van der Waals surface area contributed by atoms with Crippen LogP contribution in [0.4, 0.5) is 10.1 Å². The fraction of sp³-hybridized carbons (Fsp3) is 0.528. The number of para-hydroxylation sites is 1. The molecule has 4 rings (SSSR count). The van der Waals surface area contributed by atoms with E-state index in [4.69, 9.17) is 21.9 Å². The first kappa shape index (κ1) is 95.6. The second-order valence-electron chi connectivity index (χ2n) is 27.4. The molecule has 116 heavy (non-hydrogen) atoms. The molecule has 636 valence electrons. The average Bonchev–Trinajstić information content (AvgIpc) is 1.63. The van der Waals surface area contributed by atoms with Gasteiger partial charge in [-0.1, -0.05) is 64.5 Å². The van der Waals surface area contributed by atoms with Crippen molar-refractivity contribution in [1.29, 1.82) is 0 Å². The number of aliphatic hydroxyl groups excluding tert-OH is 1. The number of hydrogen-bond donors (Lipinski definition) is 22. The lowest BCUT2D eigenvalue weighted by Gasteiger charge is -2.30. The molecule has 43 nitrogen and oxygen atoms in total. The molecule has 0 unspecified atom stereocenters. The highest BCUT2D eigenvalue weighted by Crippen LogP contribution is 2.23. The van der Waals surface area contributed by atoms with Gasteiger partial charge >= 0.3 is 29.8 Å². The first-order valence-corrected chi connectivity index (χ1v) is 36.9. The van der Waals surface area contributed by atoms with E-state index in [2.05, 4.69) is 58.2 Å². The molecular weight excluding hydrogens is 1540 g/mol. The maximum Gasteiger partial charge on any atom is 0.329 e. The average molecular weight is 1640 g/mol. The van der Waals surface area contributed by atoms with E-state index in [1.54, 1.807) is 0 Å². The number of aliphatic carboxylic acids is 4. The van der Waals surface area contributed by atoms with Crippen LogP contribution in [0.15, 0.2) is 48.7 Å². The number of anilines is 1. The molecule has 2 aromatic carbocycles. The van der Waals surface area contributed by atoms with Crippen molar-refractivity contribution in [3.63, 3.8) is 0 Å². The second-order valence-corrected chi connectivity index (χ2v) is 27.4. The lowest BCUT2D eigenvalue weighted by Crippen LogP contribution is -2.62. The SMILES string of the molecule is CCCCCCCCCC(=O)N[C@@H](Cc1c[nH]c2ccc(F)cc12)C(=O)N[C@H](CC(N)=O)C(=O)N[C@@H](CC(=O)O)C(=O)N[C@@H]1C(=O)NCC(=O)N[C@@H](CCCN)C(=O)N[C@@H](CC(=O)O)C(=O)N[C@H](C)C(=O)N[C@@H](CC(=O)O)C(=O)NCC(=O)N[C@H](CO)C(=O)N[C@@H]([C@H](C)CC(=O)O)C(=O)N[C@@H](CC(=O)c2ccccc2N)C(=O)O[C@@H]1C. The number of cyclic esters (lactones) is 1. The third kappa shape index (κ3) is 32.4. The van der Waals surface area contributed by atoms with Gasteiger partial charge in [0.1, 0.15) is 78.4 Å².